The topological polar surface area (TPSA) is 45.8 Å². The van der Waals surface area contributed by atoms with Crippen molar-refractivity contribution in [2.24, 2.45) is 5.92 Å². The molecule has 2 aromatic rings. The summed E-state index contributed by atoms with van der Waals surface area (Å²) in [7, 11) is 0. The first-order chi connectivity index (χ1) is 14.7. The standard InChI is InChI=1S/C23H27F2N3O2/c24-18-4-1-5-19(25)22(18)17-12-26-27-23(17)16-3-2-8-28(14-16)13-15-6-7-20-21(11-15)30-10-9-29-20/h1,4-7,11,16-17,23,26-27H,2-3,8-10,12-14H2. The molecule has 3 heterocycles. The van der Waals surface area contributed by atoms with E-state index in [1.807, 2.05) is 6.07 Å². The van der Waals surface area contributed by atoms with Gasteiger partial charge < -0.3 is 9.47 Å². The zero-order chi connectivity index (χ0) is 20.5. The van der Waals surface area contributed by atoms with Crippen LogP contribution in [0.4, 0.5) is 8.78 Å². The molecule has 0 amide bonds. The molecule has 160 valence electrons. The Morgan fingerprint density at radius 3 is 2.67 bits per heavy atom. The quantitative estimate of drug-likeness (QED) is 0.803. The van der Waals surface area contributed by atoms with Gasteiger partial charge in [0.25, 0.3) is 0 Å². The Morgan fingerprint density at radius 1 is 1.03 bits per heavy atom. The van der Waals surface area contributed by atoms with Crippen LogP contribution in [0.15, 0.2) is 36.4 Å². The average molecular weight is 415 g/mol. The molecule has 0 saturated carbocycles. The molecule has 0 spiro atoms. The van der Waals surface area contributed by atoms with Crippen molar-refractivity contribution in [1.82, 2.24) is 15.8 Å². The minimum atomic E-state index is -0.459. The van der Waals surface area contributed by atoms with Crippen LogP contribution in [0.5, 0.6) is 11.5 Å². The van der Waals surface area contributed by atoms with Gasteiger partial charge in [-0.05, 0) is 55.1 Å². The highest BCUT2D eigenvalue weighted by Gasteiger charge is 2.39. The summed E-state index contributed by atoms with van der Waals surface area (Å²) in [4.78, 5) is 2.42. The number of fused-ring (bicyclic) bond motifs is 1. The van der Waals surface area contributed by atoms with E-state index in [-0.39, 0.29) is 17.5 Å². The number of ether oxygens (including phenoxy) is 2. The van der Waals surface area contributed by atoms with Gasteiger partial charge in [-0.25, -0.2) is 8.78 Å². The van der Waals surface area contributed by atoms with Crippen LogP contribution >= 0.6 is 0 Å². The summed E-state index contributed by atoms with van der Waals surface area (Å²) in [6.07, 6.45) is 2.11. The molecule has 5 rings (SSSR count). The Kier molecular flexibility index (Phi) is 5.58. The zero-order valence-corrected chi connectivity index (χ0v) is 16.9. The van der Waals surface area contributed by atoms with Crippen LogP contribution in [0.2, 0.25) is 0 Å². The molecule has 2 aromatic carbocycles. The van der Waals surface area contributed by atoms with Gasteiger partial charge >= 0.3 is 0 Å². The summed E-state index contributed by atoms with van der Waals surface area (Å²) in [5, 5.41) is 0. The van der Waals surface area contributed by atoms with Crippen molar-refractivity contribution in [2.45, 2.75) is 31.3 Å². The summed E-state index contributed by atoms with van der Waals surface area (Å²) in [6, 6.07) is 10.2. The fourth-order valence-electron chi connectivity index (χ4n) is 5.08. The van der Waals surface area contributed by atoms with Crippen molar-refractivity contribution in [3.63, 3.8) is 0 Å². The largest absolute Gasteiger partial charge is 0.486 e. The van der Waals surface area contributed by atoms with Gasteiger partial charge in [0.2, 0.25) is 0 Å². The lowest BCUT2D eigenvalue weighted by Gasteiger charge is -2.37. The van der Waals surface area contributed by atoms with Crippen molar-refractivity contribution in [2.75, 3.05) is 32.8 Å². The predicted molar refractivity (Wildman–Crippen MR) is 109 cm³/mol. The zero-order valence-electron chi connectivity index (χ0n) is 16.9. The Hall–Kier alpha value is -2.22. The van der Waals surface area contributed by atoms with E-state index in [0.717, 1.165) is 44.0 Å². The first kappa shape index (κ1) is 19.7. The Bertz CT molecular complexity index is 890. The molecule has 2 fully saturated rings. The lowest BCUT2D eigenvalue weighted by atomic mass is 9.80. The lowest BCUT2D eigenvalue weighted by Crippen LogP contribution is -2.46. The third kappa shape index (κ3) is 3.89. The molecule has 0 bridgehead atoms. The van der Waals surface area contributed by atoms with Crippen LogP contribution in [-0.4, -0.2) is 43.8 Å². The number of hydrazine groups is 1. The highest BCUT2D eigenvalue weighted by Crippen LogP contribution is 2.35. The normalized spacial score (nSPS) is 26.7. The molecule has 0 aliphatic carbocycles. The van der Waals surface area contributed by atoms with Crippen molar-refractivity contribution in [3.8, 4) is 11.5 Å². The highest BCUT2D eigenvalue weighted by atomic mass is 19.1. The fraction of sp³-hybridized carbons (Fsp3) is 0.478. The van der Waals surface area contributed by atoms with Gasteiger partial charge in [-0.1, -0.05) is 12.1 Å². The monoisotopic (exact) mass is 415 g/mol. The number of nitrogens with zero attached hydrogens (tertiary/aromatic N) is 1. The van der Waals surface area contributed by atoms with Crippen molar-refractivity contribution >= 4 is 0 Å². The summed E-state index contributed by atoms with van der Waals surface area (Å²) >= 11 is 0. The number of nitrogens with one attached hydrogen (secondary N) is 2. The van der Waals surface area contributed by atoms with E-state index >= 15 is 0 Å². The number of benzene rings is 2. The highest BCUT2D eigenvalue weighted by molar-refractivity contribution is 5.43. The van der Waals surface area contributed by atoms with E-state index < -0.39 is 11.6 Å². The molecule has 3 unspecified atom stereocenters. The van der Waals surface area contributed by atoms with Crippen LogP contribution in [0.25, 0.3) is 0 Å². The van der Waals surface area contributed by atoms with Gasteiger partial charge in [-0.2, -0.15) is 0 Å². The van der Waals surface area contributed by atoms with Gasteiger partial charge in [-0.3, -0.25) is 15.8 Å². The van der Waals surface area contributed by atoms with Crippen LogP contribution < -0.4 is 20.3 Å². The van der Waals surface area contributed by atoms with E-state index in [2.05, 4.69) is 27.9 Å². The maximum atomic E-state index is 14.4. The molecule has 2 N–H and O–H groups in total. The Balaban J connectivity index is 1.29. The van der Waals surface area contributed by atoms with Crippen molar-refractivity contribution in [3.05, 3.63) is 59.2 Å². The molecule has 2 saturated heterocycles. The lowest BCUT2D eigenvalue weighted by molar-refractivity contribution is 0.138. The number of hydrogen-bond acceptors (Lipinski definition) is 5. The minimum absolute atomic E-state index is 0.000494. The maximum Gasteiger partial charge on any atom is 0.161 e. The second kappa shape index (κ2) is 8.49. The van der Waals surface area contributed by atoms with Crippen molar-refractivity contribution in [1.29, 1.82) is 0 Å². The van der Waals surface area contributed by atoms with E-state index in [9.17, 15) is 8.78 Å². The second-order valence-corrected chi connectivity index (χ2v) is 8.41. The second-order valence-electron chi connectivity index (χ2n) is 8.41. The molecule has 0 aromatic heterocycles. The molecule has 7 heteroatoms. The summed E-state index contributed by atoms with van der Waals surface area (Å²) < 4.78 is 40.2. The number of halogens is 2. The van der Waals surface area contributed by atoms with Gasteiger partial charge in [-0.15, -0.1) is 0 Å². The molecule has 30 heavy (non-hydrogen) atoms. The molecular formula is C23H27F2N3O2. The third-order valence-corrected chi connectivity index (χ3v) is 6.46. The molecular weight excluding hydrogens is 388 g/mol. The smallest absolute Gasteiger partial charge is 0.161 e. The predicted octanol–water partition coefficient (Wildman–Crippen LogP) is 3.21. The Morgan fingerprint density at radius 2 is 1.83 bits per heavy atom. The van der Waals surface area contributed by atoms with E-state index in [4.69, 9.17) is 9.47 Å². The van der Waals surface area contributed by atoms with Crippen LogP contribution in [-0.2, 0) is 6.54 Å². The molecule has 5 nitrogen and oxygen atoms in total. The van der Waals surface area contributed by atoms with Crippen LogP contribution in [0, 0.1) is 17.6 Å². The maximum absolute atomic E-state index is 14.4. The number of hydrogen-bond donors (Lipinski definition) is 2. The molecule has 3 aliphatic rings. The molecule has 3 atom stereocenters. The molecule has 0 radical (unpaired) electrons. The average Bonchev–Trinajstić information content (AvgIpc) is 3.23. The summed E-state index contributed by atoms with van der Waals surface area (Å²) in [5.41, 5.74) is 7.83. The van der Waals surface area contributed by atoms with Crippen LogP contribution in [0.3, 0.4) is 0 Å². The first-order valence-corrected chi connectivity index (χ1v) is 10.7. The van der Waals surface area contributed by atoms with E-state index in [0.29, 0.717) is 25.7 Å². The fourth-order valence-corrected chi connectivity index (χ4v) is 5.08. The summed E-state index contributed by atoms with van der Waals surface area (Å²) in [6.45, 7) is 4.43. The number of rotatable bonds is 4. The van der Waals surface area contributed by atoms with Crippen molar-refractivity contribution < 1.29 is 18.3 Å². The van der Waals surface area contributed by atoms with Gasteiger partial charge in [0.1, 0.15) is 24.8 Å². The van der Waals surface area contributed by atoms with Crippen LogP contribution in [0.1, 0.15) is 29.9 Å². The van der Waals surface area contributed by atoms with Gasteiger partial charge in [0, 0.05) is 37.2 Å². The third-order valence-electron chi connectivity index (χ3n) is 6.46. The Labute approximate surface area is 175 Å². The van der Waals surface area contributed by atoms with E-state index in [1.54, 1.807) is 0 Å². The molecule has 3 aliphatic heterocycles. The first-order valence-electron chi connectivity index (χ1n) is 10.7. The summed E-state index contributed by atoms with van der Waals surface area (Å²) in [5.74, 6) is 0.792. The van der Waals surface area contributed by atoms with Gasteiger partial charge in [0.05, 0.1) is 0 Å². The number of likely N-dealkylation sites (tertiary alicyclic amines) is 1. The number of piperidine rings is 1. The minimum Gasteiger partial charge on any atom is -0.486 e. The van der Waals surface area contributed by atoms with Gasteiger partial charge in [0.15, 0.2) is 11.5 Å². The SMILES string of the molecule is Fc1cccc(F)c1C1CNNC1C1CCCN(Cc2ccc3c(c2)OCCO3)C1. The van der Waals surface area contributed by atoms with E-state index in [1.165, 1.54) is 23.8 Å².